The number of pyridine rings is 1. The summed E-state index contributed by atoms with van der Waals surface area (Å²) in [6, 6.07) is 7.81. The molecular formula is C17H18N2O3S. The molecule has 1 atom stereocenters. The number of hydrogen-bond acceptors (Lipinski definition) is 6. The molecule has 0 fully saturated rings. The fourth-order valence-corrected chi connectivity index (χ4v) is 3.61. The van der Waals surface area contributed by atoms with Gasteiger partial charge in [-0.05, 0) is 24.1 Å². The monoisotopic (exact) mass is 330 g/mol. The topological polar surface area (TPSA) is 71.5 Å². The number of hydrogen-bond donors (Lipinski definition) is 2. The molecule has 0 spiro atoms. The molecule has 0 saturated heterocycles. The van der Waals surface area contributed by atoms with Crippen molar-refractivity contribution in [1.82, 2.24) is 4.98 Å². The normalized spacial score (nSPS) is 12.5. The highest BCUT2D eigenvalue weighted by Crippen LogP contribution is 2.40. The number of carbonyl (C=O) groups is 1. The van der Waals surface area contributed by atoms with Crippen LogP contribution in [0.1, 0.15) is 16.6 Å². The third-order valence-corrected chi connectivity index (χ3v) is 4.88. The van der Waals surface area contributed by atoms with E-state index in [0.717, 1.165) is 26.7 Å². The van der Waals surface area contributed by atoms with Crippen molar-refractivity contribution in [3.05, 3.63) is 35.3 Å². The number of methoxy groups -OCH3 is 1. The Morgan fingerprint density at radius 1 is 1.43 bits per heavy atom. The lowest BCUT2D eigenvalue weighted by molar-refractivity contribution is 0.0607. The minimum Gasteiger partial charge on any atom is -0.465 e. The molecule has 2 aromatic heterocycles. The van der Waals surface area contributed by atoms with Gasteiger partial charge in [0.15, 0.2) is 0 Å². The Kier molecular flexibility index (Phi) is 4.45. The molecule has 0 aliphatic carbocycles. The second-order valence-corrected chi connectivity index (χ2v) is 6.53. The fourth-order valence-electron chi connectivity index (χ4n) is 2.50. The van der Waals surface area contributed by atoms with Crippen LogP contribution in [0, 0.1) is 5.92 Å². The number of anilines is 1. The third kappa shape index (κ3) is 2.87. The number of ether oxygens (including phenoxy) is 1. The maximum absolute atomic E-state index is 12.1. The van der Waals surface area contributed by atoms with Crippen LogP contribution >= 0.6 is 11.3 Å². The van der Waals surface area contributed by atoms with Gasteiger partial charge in [-0.25, -0.2) is 4.79 Å². The number of carbonyl (C=O) groups excluding carboxylic acids is 1. The van der Waals surface area contributed by atoms with E-state index in [1.807, 2.05) is 31.2 Å². The molecule has 2 heterocycles. The summed E-state index contributed by atoms with van der Waals surface area (Å²) in [6.07, 6.45) is 1.75. The highest BCUT2D eigenvalue weighted by atomic mass is 32.1. The lowest BCUT2D eigenvalue weighted by Crippen LogP contribution is -2.15. The van der Waals surface area contributed by atoms with Crippen molar-refractivity contribution >= 4 is 44.0 Å². The first-order valence-corrected chi connectivity index (χ1v) is 8.20. The van der Waals surface area contributed by atoms with Gasteiger partial charge < -0.3 is 15.2 Å². The first-order chi connectivity index (χ1) is 11.2. The molecule has 0 amide bonds. The fraction of sp³-hybridized carbons (Fsp3) is 0.294. The molecule has 6 heteroatoms. The molecule has 0 radical (unpaired) electrons. The van der Waals surface area contributed by atoms with Crippen molar-refractivity contribution in [2.24, 2.45) is 5.92 Å². The summed E-state index contributed by atoms with van der Waals surface area (Å²) in [4.78, 5) is 17.1. The zero-order valence-electron chi connectivity index (χ0n) is 13.0. The van der Waals surface area contributed by atoms with Crippen LogP contribution < -0.4 is 5.32 Å². The van der Waals surface area contributed by atoms with Crippen LogP contribution in [0.25, 0.3) is 21.0 Å². The Morgan fingerprint density at radius 2 is 2.26 bits per heavy atom. The van der Waals surface area contributed by atoms with E-state index >= 15 is 0 Å². The zero-order valence-corrected chi connectivity index (χ0v) is 13.8. The number of thiophene rings is 1. The summed E-state index contributed by atoms with van der Waals surface area (Å²) in [5.41, 5.74) is 1.64. The van der Waals surface area contributed by atoms with Gasteiger partial charge in [-0.3, -0.25) is 4.98 Å². The van der Waals surface area contributed by atoms with Gasteiger partial charge in [0.2, 0.25) is 0 Å². The van der Waals surface area contributed by atoms with Crippen molar-refractivity contribution < 1.29 is 14.6 Å². The highest BCUT2D eigenvalue weighted by Gasteiger charge is 2.21. The molecule has 0 aliphatic rings. The lowest BCUT2D eigenvalue weighted by Gasteiger charge is -2.12. The minimum atomic E-state index is -0.359. The van der Waals surface area contributed by atoms with E-state index in [1.54, 1.807) is 6.20 Å². The van der Waals surface area contributed by atoms with Gasteiger partial charge in [0.25, 0.3) is 0 Å². The Balaban J connectivity index is 2.21. The lowest BCUT2D eigenvalue weighted by atomic mass is 10.1. The van der Waals surface area contributed by atoms with Crippen molar-refractivity contribution in [1.29, 1.82) is 0 Å². The molecule has 3 aromatic rings. The summed E-state index contributed by atoms with van der Waals surface area (Å²) >= 11 is 1.40. The molecule has 0 unspecified atom stereocenters. The highest BCUT2D eigenvalue weighted by molar-refractivity contribution is 7.21. The van der Waals surface area contributed by atoms with Crippen molar-refractivity contribution in [3.63, 3.8) is 0 Å². The summed E-state index contributed by atoms with van der Waals surface area (Å²) in [5.74, 6) is -0.272. The van der Waals surface area contributed by atoms with E-state index < -0.39 is 0 Å². The number of esters is 1. The van der Waals surface area contributed by atoms with E-state index in [0.29, 0.717) is 11.4 Å². The molecule has 120 valence electrons. The van der Waals surface area contributed by atoms with E-state index in [-0.39, 0.29) is 18.5 Å². The van der Waals surface area contributed by atoms with Crippen molar-refractivity contribution in [3.8, 4) is 0 Å². The second-order valence-electron chi connectivity index (χ2n) is 5.48. The average Bonchev–Trinajstić information content (AvgIpc) is 2.98. The summed E-state index contributed by atoms with van der Waals surface area (Å²) in [5, 5.41) is 14.5. The van der Waals surface area contributed by atoms with Crippen LogP contribution in [0.2, 0.25) is 0 Å². The summed E-state index contributed by atoms with van der Waals surface area (Å²) in [7, 11) is 1.38. The molecule has 23 heavy (non-hydrogen) atoms. The summed E-state index contributed by atoms with van der Waals surface area (Å²) < 4.78 is 5.92. The van der Waals surface area contributed by atoms with Crippen LogP contribution in [-0.4, -0.2) is 36.3 Å². The maximum atomic E-state index is 12.1. The van der Waals surface area contributed by atoms with Crippen LogP contribution in [0.15, 0.2) is 30.5 Å². The van der Waals surface area contributed by atoms with Crippen LogP contribution in [0.4, 0.5) is 5.69 Å². The molecule has 5 nitrogen and oxygen atoms in total. The Hall–Kier alpha value is -2.18. The van der Waals surface area contributed by atoms with Gasteiger partial charge in [-0.2, -0.15) is 0 Å². The zero-order chi connectivity index (χ0) is 16.4. The Bertz CT molecular complexity index is 860. The molecule has 0 bridgehead atoms. The molecule has 0 aliphatic heterocycles. The van der Waals surface area contributed by atoms with E-state index in [9.17, 15) is 9.90 Å². The number of nitrogens with zero attached hydrogens (tertiary/aromatic N) is 1. The van der Waals surface area contributed by atoms with Gasteiger partial charge in [0, 0.05) is 34.8 Å². The van der Waals surface area contributed by atoms with E-state index in [2.05, 4.69) is 10.3 Å². The van der Waals surface area contributed by atoms with Gasteiger partial charge in [-0.15, -0.1) is 11.3 Å². The predicted octanol–water partition coefficient (Wildman–Crippen LogP) is 3.28. The van der Waals surface area contributed by atoms with Crippen molar-refractivity contribution in [2.45, 2.75) is 6.92 Å². The number of aliphatic hydroxyl groups excluding tert-OH is 1. The average molecular weight is 330 g/mol. The number of benzene rings is 1. The number of rotatable bonds is 5. The second kappa shape index (κ2) is 6.52. The quantitative estimate of drug-likeness (QED) is 0.703. The van der Waals surface area contributed by atoms with Crippen LogP contribution in [0.3, 0.4) is 0 Å². The largest absolute Gasteiger partial charge is 0.465 e. The first kappa shape index (κ1) is 15.7. The standard InChI is InChI=1S/C17H18N2O3S/c1-10(9-20)8-19-15-14-11-4-3-7-18-12(11)5-6-13(14)23-16(15)17(21)22-2/h3-7,10,19-20H,8-9H2,1-2H3/t10-/m1/s1. The third-order valence-electron chi connectivity index (χ3n) is 3.75. The smallest absolute Gasteiger partial charge is 0.350 e. The molecule has 1 aromatic carbocycles. The van der Waals surface area contributed by atoms with E-state index in [1.165, 1.54) is 18.4 Å². The van der Waals surface area contributed by atoms with E-state index in [4.69, 9.17) is 4.74 Å². The first-order valence-electron chi connectivity index (χ1n) is 7.39. The van der Waals surface area contributed by atoms with Gasteiger partial charge in [-0.1, -0.05) is 13.0 Å². The predicted molar refractivity (Wildman–Crippen MR) is 93.2 cm³/mol. The SMILES string of the molecule is COC(=O)c1sc2ccc3ncccc3c2c1NC[C@@H](C)CO. The van der Waals surface area contributed by atoms with Crippen LogP contribution in [0.5, 0.6) is 0 Å². The summed E-state index contributed by atoms with van der Waals surface area (Å²) in [6.45, 7) is 2.60. The van der Waals surface area contributed by atoms with Gasteiger partial charge in [0.1, 0.15) is 4.88 Å². The Morgan fingerprint density at radius 3 is 3.00 bits per heavy atom. The molecule has 0 saturated carbocycles. The number of nitrogens with one attached hydrogen (secondary N) is 1. The number of aromatic nitrogens is 1. The molecule has 2 N–H and O–H groups in total. The molecular weight excluding hydrogens is 312 g/mol. The van der Waals surface area contributed by atoms with Gasteiger partial charge >= 0.3 is 5.97 Å². The minimum absolute atomic E-state index is 0.0866. The van der Waals surface area contributed by atoms with Crippen LogP contribution in [-0.2, 0) is 4.74 Å². The number of aliphatic hydroxyl groups is 1. The maximum Gasteiger partial charge on any atom is 0.350 e. The van der Waals surface area contributed by atoms with Gasteiger partial charge in [0.05, 0.1) is 18.3 Å². The number of fused-ring (bicyclic) bond motifs is 3. The molecule has 3 rings (SSSR count). The van der Waals surface area contributed by atoms with Crippen molar-refractivity contribution in [2.75, 3.05) is 25.6 Å². The Labute approximate surface area is 137 Å².